The van der Waals surface area contributed by atoms with E-state index in [0.717, 1.165) is 12.0 Å². The SMILES string of the molecule is C[C@@H]1CC[C@H](N2CCCCC2)C1. The maximum atomic E-state index is 2.74. The molecular formula is C11H21N. The first-order valence-electron chi connectivity index (χ1n) is 5.60. The van der Waals surface area contributed by atoms with E-state index in [2.05, 4.69) is 11.8 Å². The fraction of sp³-hybridized carbons (Fsp3) is 1.00. The van der Waals surface area contributed by atoms with Crippen LogP contribution in [0.1, 0.15) is 45.4 Å². The summed E-state index contributed by atoms with van der Waals surface area (Å²) in [7, 11) is 0. The van der Waals surface area contributed by atoms with E-state index in [9.17, 15) is 0 Å². The molecule has 0 unspecified atom stereocenters. The second kappa shape index (κ2) is 3.78. The van der Waals surface area contributed by atoms with Gasteiger partial charge >= 0.3 is 0 Å². The maximum absolute atomic E-state index is 2.74. The quantitative estimate of drug-likeness (QED) is 0.580. The van der Waals surface area contributed by atoms with Crippen molar-refractivity contribution in [2.75, 3.05) is 13.1 Å². The minimum absolute atomic E-state index is 0.959. The predicted molar refractivity (Wildman–Crippen MR) is 52.2 cm³/mol. The normalized spacial score (nSPS) is 38.8. The Morgan fingerprint density at radius 2 is 1.75 bits per heavy atom. The minimum Gasteiger partial charge on any atom is -0.300 e. The van der Waals surface area contributed by atoms with Crippen LogP contribution >= 0.6 is 0 Å². The summed E-state index contributed by atoms with van der Waals surface area (Å²) >= 11 is 0. The average Bonchev–Trinajstić information content (AvgIpc) is 2.54. The zero-order valence-electron chi connectivity index (χ0n) is 8.26. The van der Waals surface area contributed by atoms with Crippen molar-refractivity contribution in [1.82, 2.24) is 4.90 Å². The molecule has 0 bridgehead atoms. The van der Waals surface area contributed by atoms with Gasteiger partial charge in [0, 0.05) is 6.04 Å². The number of nitrogens with zero attached hydrogens (tertiary/aromatic N) is 1. The molecule has 1 saturated heterocycles. The Balaban J connectivity index is 1.83. The van der Waals surface area contributed by atoms with Gasteiger partial charge in [0.1, 0.15) is 0 Å². The molecule has 12 heavy (non-hydrogen) atoms. The highest BCUT2D eigenvalue weighted by Crippen LogP contribution is 2.30. The zero-order chi connectivity index (χ0) is 8.39. The van der Waals surface area contributed by atoms with E-state index in [0.29, 0.717) is 0 Å². The molecule has 2 fully saturated rings. The number of hydrogen-bond donors (Lipinski definition) is 0. The molecule has 1 nitrogen and oxygen atoms in total. The van der Waals surface area contributed by atoms with E-state index in [1.165, 1.54) is 51.6 Å². The highest BCUT2D eigenvalue weighted by atomic mass is 15.2. The van der Waals surface area contributed by atoms with Crippen LogP contribution in [0.3, 0.4) is 0 Å². The second-order valence-corrected chi connectivity index (χ2v) is 4.67. The molecule has 1 aliphatic heterocycles. The summed E-state index contributed by atoms with van der Waals surface area (Å²) in [5.41, 5.74) is 0. The van der Waals surface area contributed by atoms with E-state index in [-0.39, 0.29) is 0 Å². The van der Waals surface area contributed by atoms with Crippen LogP contribution in [0.4, 0.5) is 0 Å². The van der Waals surface area contributed by atoms with Gasteiger partial charge in [-0.05, 0) is 51.1 Å². The number of piperidine rings is 1. The van der Waals surface area contributed by atoms with Crippen molar-refractivity contribution >= 4 is 0 Å². The van der Waals surface area contributed by atoms with E-state index in [1.807, 2.05) is 0 Å². The van der Waals surface area contributed by atoms with Crippen molar-refractivity contribution in [2.24, 2.45) is 5.92 Å². The Kier molecular flexibility index (Phi) is 2.69. The Labute approximate surface area is 76.1 Å². The molecule has 2 atom stereocenters. The standard InChI is InChI=1S/C11H21N/c1-10-5-6-11(9-10)12-7-3-2-4-8-12/h10-11H,2-9H2,1H3/t10-,11+/m1/s1. The van der Waals surface area contributed by atoms with Crippen LogP contribution in [0, 0.1) is 5.92 Å². The predicted octanol–water partition coefficient (Wildman–Crippen LogP) is 2.66. The monoisotopic (exact) mass is 167 g/mol. The average molecular weight is 167 g/mol. The lowest BCUT2D eigenvalue weighted by molar-refractivity contribution is 0.163. The second-order valence-electron chi connectivity index (χ2n) is 4.67. The van der Waals surface area contributed by atoms with E-state index in [1.54, 1.807) is 0 Å². The number of likely N-dealkylation sites (tertiary alicyclic amines) is 1. The molecule has 1 heterocycles. The molecule has 2 aliphatic rings. The molecule has 70 valence electrons. The molecule has 0 aromatic carbocycles. The van der Waals surface area contributed by atoms with Gasteiger partial charge in [-0.1, -0.05) is 13.3 Å². The molecule has 1 heteroatoms. The van der Waals surface area contributed by atoms with Crippen LogP contribution in [0.5, 0.6) is 0 Å². The first-order chi connectivity index (χ1) is 5.86. The van der Waals surface area contributed by atoms with Gasteiger partial charge in [0.2, 0.25) is 0 Å². The van der Waals surface area contributed by atoms with Gasteiger partial charge in [0.05, 0.1) is 0 Å². The van der Waals surface area contributed by atoms with Gasteiger partial charge in [-0.2, -0.15) is 0 Å². The van der Waals surface area contributed by atoms with Crippen molar-refractivity contribution in [1.29, 1.82) is 0 Å². The lowest BCUT2D eigenvalue weighted by Gasteiger charge is -2.32. The summed E-state index contributed by atoms with van der Waals surface area (Å²) in [6, 6.07) is 0.959. The van der Waals surface area contributed by atoms with Gasteiger partial charge in [0.25, 0.3) is 0 Å². The molecule has 1 aliphatic carbocycles. The zero-order valence-corrected chi connectivity index (χ0v) is 8.26. The van der Waals surface area contributed by atoms with Crippen molar-refractivity contribution in [3.05, 3.63) is 0 Å². The molecule has 0 amide bonds. The Morgan fingerprint density at radius 3 is 2.33 bits per heavy atom. The van der Waals surface area contributed by atoms with Gasteiger partial charge in [-0.15, -0.1) is 0 Å². The third kappa shape index (κ3) is 1.82. The summed E-state index contributed by atoms with van der Waals surface area (Å²) in [6.45, 7) is 5.18. The first kappa shape index (κ1) is 8.55. The number of hydrogen-bond acceptors (Lipinski definition) is 1. The Bertz CT molecular complexity index is 135. The van der Waals surface area contributed by atoms with Crippen LogP contribution in [0.2, 0.25) is 0 Å². The highest BCUT2D eigenvalue weighted by Gasteiger charge is 2.27. The summed E-state index contributed by atoms with van der Waals surface area (Å²) < 4.78 is 0. The lowest BCUT2D eigenvalue weighted by Crippen LogP contribution is -2.37. The molecular weight excluding hydrogens is 146 g/mol. The third-order valence-corrected chi connectivity index (χ3v) is 3.57. The van der Waals surface area contributed by atoms with Crippen LogP contribution in [0.25, 0.3) is 0 Å². The van der Waals surface area contributed by atoms with E-state index < -0.39 is 0 Å². The van der Waals surface area contributed by atoms with Gasteiger partial charge in [-0.25, -0.2) is 0 Å². The van der Waals surface area contributed by atoms with E-state index >= 15 is 0 Å². The van der Waals surface area contributed by atoms with Crippen molar-refractivity contribution < 1.29 is 0 Å². The van der Waals surface area contributed by atoms with Crippen LogP contribution in [0.15, 0.2) is 0 Å². The molecule has 0 N–H and O–H groups in total. The molecule has 0 radical (unpaired) electrons. The van der Waals surface area contributed by atoms with Crippen LogP contribution in [-0.4, -0.2) is 24.0 Å². The first-order valence-corrected chi connectivity index (χ1v) is 5.60. The summed E-state index contributed by atoms with van der Waals surface area (Å²) in [5, 5.41) is 0. The van der Waals surface area contributed by atoms with Crippen LogP contribution in [-0.2, 0) is 0 Å². The van der Waals surface area contributed by atoms with Gasteiger partial charge in [-0.3, -0.25) is 0 Å². The maximum Gasteiger partial charge on any atom is 0.00978 e. The Morgan fingerprint density at radius 1 is 1.00 bits per heavy atom. The van der Waals surface area contributed by atoms with Gasteiger partial charge < -0.3 is 4.90 Å². The molecule has 0 aromatic rings. The fourth-order valence-electron chi connectivity index (χ4n) is 2.79. The summed E-state index contributed by atoms with van der Waals surface area (Å²) in [4.78, 5) is 2.74. The molecule has 0 spiro atoms. The Hall–Kier alpha value is -0.0400. The van der Waals surface area contributed by atoms with Crippen LogP contribution < -0.4 is 0 Å². The highest BCUT2D eigenvalue weighted by molar-refractivity contribution is 4.82. The molecule has 2 rings (SSSR count). The molecule has 1 saturated carbocycles. The van der Waals surface area contributed by atoms with E-state index in [4.69, 9.17) is 0 Å². The van der Waals surface area contributed by atoms with Crippen molar-refractivity contribution in [2.45, 2.75) is 51.5 Å². The number of rotatable bonds is 1. The third-order valence-electron chi connectivity index (χ3n) is 3.57. The van der Waals surface area contributed by atoms with Gasteiger partial charge in [0.15, 0.2) is 0 Å². The minimum atomic E-state index is 0.959. The summed E-state index contributed by atoms with van der Waals surface area (Å²) in [6.07, 6.45) is 8.79. The summed E-state index contributed by atoms with van der Waals surface area (Å²) in [5.74, 6) is 0.997. The lowest BCUT2D eigenvalue weighted by atomic mass is 10.1. The fourth-order valence-corrected chi connectivity index (χ4v) is 2.79. The topological polar surface area (TPSA) is 3.24 Å². The molecule has 0 aromatic heterocycles. The smallest absolute Gasteiger partial charge is 0.00978 e. The largest absolute Gasteiger partial charge is 0.300 e. The van der Waals surface area contributed by atoms with Crippen molar-refractivity contribution in [3.8, 4) is 0 Å². The van der Waals surface area contributed by atoms with Crippen molar-refractivity contribution in [3.63, 3.8) is 0 Å².